The first-order chi connectivity index (χ1) is 11.7. The molecule has 4 heteroatoms. The molecule has 2 aliphatic heterocycles. The molecule has 5 aliphatic rings. The first kappa shape index (κ1) is 17.5. The van der Waals surface area contributed by atoms with Crippen molar-refractivity contribution in [3.05, 3.63) is 11.6 Å². The maximum atomic E-state index is 12.7. The fraction of sp³-hybridized carbons (Fsp3) is 0.857. The Balaban J connectivity index is 1.79. The molecule has 3 aliphatic carbocycles. The summed E-state index contributed by atoms with van der Waals surface area (Å²) >= 11 is 0. The van der Waals surface area contributed by atoms with Crippen LogP contribution in [0, 0.1) is 22.7 Å². The SMILES string of the molecule is COC(=O)[C@]1(C)CCC[C@@]2(C)[C@H]1CCC1=C[C@@]3(C(C)C)CC[C@]12OO3. The molecule has 0 aromatic heterocycles. The van der Waals surface area contributed by atoms with Gasteiger partial charge in [0.15, 0.2) is 0 Å². The first-order valence-electron chi connectivity index (χ1n) is 9.92. The van der Waals surface area contributed by atoms with Crippen molar-refractivity contribution in [3.8, 4) is 0 Å². The molecular weight excluding hydrogens is 316 g/mol. The van der Waals surface area contributed by atoms with Gasteiger partial charge in [0, 0.05) is 5.41 Å². The summed E-state index contributed by atoms with van der Waals surface area (Å²) < 4.78 is 5.22. The van der Waals surface area contributed by atoms with Gasteiger partial charge in [0.25, 0.3) is 0 Å². The lowest BCUT2D eigenvalue weighted by atomic mass is 9.43. The van der Waals surface area contributed by atoms with E-state index in [0.717, 1.165) is 44.9 Å². The van der Waals surface area contributed by atoms with Gasteiger partial charge in [-0.2, -0.15) is 0 Å². The predicted molar refractivity (Wildman–Crippen MR) is 94.6 cm³/mol. The van der Waals surface area contributed by atoms with Crippen molar-refractivity contribution in [3.63, 3.8) is 0 Å². The minimum Gasteiger partial charge on any atom is -0.469 e. The van der Waals surface area contributed by atoms with Crippen LogP contribution in [0.1, 0.15) is 72.6 Å². The molecule has 3 fully saturated rings. The van der Waals surface area contributed by atoms with Crippen molar-refractivity contribution in [1.82, 2.24) is 0 Å². The van der Waals surface area contributed by atoms with Crippen LogP contribution in [0.4, 0.5) is 0 Å². The summed E-state index contributed by atoms with van der Waals surface area (Å²) in [6.07, 6.45) is 9.46. The van der Waals surface area contributed by atoms with Gasteiger partial charge >= 0.3 is 5.97 Å². The quantitative estimate of drug-likeness (QED) is 0.416. The Morgan fingerprint density at radius 1 is 1.20 bits per heavy atom. The lowest BCUT2D eigenvalue weighted by Crippen LogP contribution is -2.68. The van der Waals surface area contributed by atoms with Crippen LogP contribution in [-0.2, 0) is 19.3 Å². The number of methoxy groups -OCH3 is 1. The summed E-state index contributed by atoms with van der Waals surface area (Å²) in [7, 11) is 1.52. The summed E-state index contributed by atoms with van der Waals surface area (Å²) in [5, 5.41) is 0. The van der Waals surface area contributed by atoms with Crippen molar-refractivity contribution in [1.29, 1.82) is 0 Å². The minimum absolute atomic E-state index is 0.0590. The van der Waals surface area contributed by atoms with E-state index in [9.17, 15) is 4.79 Å². The number of carbonyl (C=O) groups is 1. The number of hydrogen-bond acceptors (Lipinski definition) is 4. The molecule has 1 spiro atoms. The zero-order chi connectivity index (χ0) is 18.1. The number of hydrogen-bond donors (Lipinski definition) is 0. The first-order valence-corrected chi connectivity index (χ1v) is 9.92. The van der Waals surface area contributed by atoms with Crippen molar-refractivity contribution >= 4 is 5.97 Å². The fourth-order valence-corrected chi connectivity index (χ4v) is 6.67. The average Bonchev–Trinajstić information content (AvgIpc) is 2.61. The van der Waals surface area contributed by atoms with E-state index >= 15 is 0 Å². The van der Waals surface area contributed by atoms with Crippen LogP contribution in [0.5, 0.6) is 0 Å². The van der Waals surface area contributed by atoms with Gasteiger partial charge < -0.3 is 4.74 Å². The number of ether oxygens (including phenoxy) is 1. The molecule has 0 aromatic rings. The van der Waals surface area contributed by atoms with Crippen molar-refractivity contribution in [2.75, 3.05) is 7.11 Å². The zero-order valence-corrected chi connectivity index (χ0v) is 16.3. The Bertz CT molecular complexity index is 613. The molecule has 2 saturated carbocycles. The van der Waals surface area contributed by atoms with Crippen molar-refractivity contribution in [2.24, 2.45) is 22.7 Å². The van der Waals surface area contributed by atoms with E-state index < -0.39 is 5.41 Å². The van der Waals surface area contributed by atoms with E-state index in [1.807, 2.05) is 0 Å². The van der Waals surface area contributed by atoms with Crippen LogP contribution in [0.3, 0.4) is 0 Å². The molecule has 2 bridgehead atoms. The third-order valence-electron chi connectivity index (χ3n) is 8.33. The summed E-state index contributed by atoms with van der Waals surface area (Å²) in [5.41, 5.74) is 0.298. The molecule has 0 radical (unpaired) electrons. The van der Waals surface area contributed by atoms with Gasteiger partial charge in [-0.3, -0.25) is 4.79 Å². The van der Waals surface area contributed by atoms with E-state index in [4.69, 9.17) is 14.5 Å². The molecule has 1 saturated heterocycles. The minimum atomic E-state index is -0.421. The maximum absolute atomic E-state index is 12.7. The van der Waals surface area contributed by atoms with Crippen molar-refractivity contribution in [2.45, 2.75) is 83.8 Å². The molecule has 4 nitrogen and oxygen atoms in total. The van der Waals surface area contributed by atoms with Gasteiger partial charge in [-0.1, -0.05) is 27.2 Å². The summed E-state index contributed by atoms with van der Waals surface area (Å²) in [6, 6.07) is 0. The topological polar surface area (TPSA) is 44.8 Å². The Morgan fingerprint density at radius 3 is 2.56 bits per heavy atom. The Labute approximate surface area is 151 Å². The number of rotatable bonds is 2. The fourth-order valence-electron chi connectivity index (χ4n) is 6.67. The van der Waals surface area contributed by atoms with Crippen molar-refractivity contribution < 1.29 is 19.3 Å². The van der Waals surface area contributed by atoms with Gasteiger partial charge in [-0.15, -0.1) is 0 Å². The Morgan fingerprint density at radius 2 is 1.96 bits per heavy atom. The molecule has 0 unspecified atom stereocenters. The Kier molecular flexibility index (Phi) is 3.73. The van der Waals surface area contributed by atoms with Crippen LogP contribution in [-0.4, -0.2) is 24.3 Å². The molecule has 5 atom stereocenters. The summed E-state index contributed by atoms with van der Waals surface area (Å²) in [4.78, 5) is 25.0. The van der Waals surface area contributed by atoms with Crippen LogP contribution < -0.4 is 0 Å². The summed E-state index contributed by atoms with van der Waals surface area (Å²) in [6.45, 7) is 8.86. The van der Waals surface area contributed by atoms with E-state index in [1.165, 1.54) is 12.7 Å². The molecule has 140 valence electrons. The lowest BCUT2D eigenvalue weighted by molar-refractivity contribution is -0.465. The lowest BCUT2D eigenvalue weighted by Gasteiger charge is -2.66. The monoisotopic (exact) mass is 348 g/mol. The molecule has 2 heterocycles. The molecular formula is C21H32O4. The van der Waals surface area contributed by atoms with Crippen LogP contribution in [0.25, 0.3) is 0 Å². The Hall–Kier alpha value is -0.870. The highest BCUT2D eigenvalue weighted by Crippen LogP contribution is 2.68. The highest BCUT2D eigenvalue weighted by atomic mass is 17.2. The van der Waals surface area contributed by atoms with E-state index in [-0.39, 0.29) is 28.5 Å². The second-order valence-corrected chi connectivity index (χ2v) is 9.54. The van der Waals surface area contributed by atoms with E-state index in [1.54, 1.807) is 0 Å². The summed E-state index contributed by atoms with van der Waals surface area (Å²) in [5.74, 6) is 0.610. The molecule has 5 rings (SSSR count). The molecule has 0 amide bonds. The number of fused-ring (bicyclic) bond motifs is 3. The third-order valence-corrected chi connectivity index (χ3v) is 8.33. The van der Waals surface area contributed by atoms with E-state index in [0.29, 0.717) is 5.92 Å². The van der Waals surface area contributed by atoms with Gasteiger partial charge in [-0.05, 0) is 68.9 Å². The smallest absolute Gasteiger partial charge is 0.311 e. The highest BCUT2D eigenvalue weighted by molar-refractivity contribution is 5.77. The maximum Gasteiger partial charge on any atom is 0.311 e. The largest absolute Gasteiger partial charge is 0.469 e. The molecule has 0 N–H and O–H groups in total. The van der Waals surface area contributed by atoms with Gasteiger partial charge in [0.1, 0.15) is 11.2 Å². The van der Waals surface area contributed by atoms with Crippen LogP contribution in [0.15, 0.2) is 11.6 Å². The van der Waals surface area contributed by atoms with Gasteiger partial charge in [-0.25, -0.2) is 9.78 Å². The molecule has 25 heavy (non-hydrogen) atoms. The zero-order valence-electron chi connectivity index (χ0n) is 16.3. The van der Waals surface area contributed by atoms with Crippen LogP contribution in [0.2, 0.25) is 0 Å². The standard InChI is InChI=1S/C21H32O4/c1-14(2)20-11-12-21(25-24-20)15(13-20)7-8-16-18(3,17(22)23-5)9-6-10-19(16,21)4/h13-14,16H,6-12H2,1-5H3/t16-,18+,19-,20+,21-/m0/s1. The number of carbonyl (C=O) groups excluding carboxylic acids is 1. The third kappa shape index (κ3) is 1.98. The van der Waals surface area contributed by atoms with Gasteiger partial charge in [0.05, 0.1) is 12.5 Å². The predicted octanol–water partition coefficient (Wildman–Crippen LogP) is 4.58. The second-order valence-electron chi connectivity index (χ2n) is 9.54. The normalized spacial score (nSPS) is 48.6. The second kappa shape index (κ2) is 5.32. The highest BCUT2D eigenvalue weighted by Gasteiger charge is 2.69. The van der Waals surface area contributed by atoms with Gasteiger partial charge in [0.2, 0.25) is 0 Å². The van der Waals surface area contributed by atoms with E-state index in [2.05, 4.69) is 33.8 Å². The average molecular weight is 348 g/mol. The molecule has 0 aromatic carbocycles. The van der Waals surface area contributed by atoms with Crippen LogP contribution >= 0.6 is 0 Å². The number of esters is 1.